The molecule has 0 amide bonds. The summed E-state index contributed by atoms with van der Waals surface area (Å²) in [6.45, 7) is 2.71. The van der Waals surface area contributed by atoms with Gasteiger partial charge in [-0.3, -0.25) is 4.79 Å². The maximum atomic E-state index is 11.5. The zero-order valence-corrected chi connectivity index (χ0v) is 11.2. The van der Waals surface area contributed by atoms with Gasteiger partial charge in [-0.2, -0.15) is 0 Å². The predicted molar refractivity (Wildman–Crippen MR) is 73.1 cm³/mol. The smallest absolute Gasteiger partial charge is 0.162 e. The monoisotopic (exact) mass is 246 g/mol. The lowest BCUT2D eigenvalue weighted by Crippen LogP contribution is -2.15. The van der Waals surface area contributed by atoms with Gasteiger partial charge in [0.1, 0.15) is 5.75 Å². The quantitative estimate of drug-likeness (QED) is 0.726. The molecule has 0 unspecified atom stereocenters. The molecule has 98 valence electrons. The van der Waals surface area contributed by atoms with Gasteiger partial charge in [-0.05, 0) is 43.0 Å². The molecule has 0 saturated heterocycles. The number of rotatable bonds is 5. The molecule has 0 spiro atoms. The number of hydrogen-bond acceptors (Lipinski definition) is 2. The van der Waals surface area contributed by atoms with E-state index >= 15 is 0 Å². The zero-order valence-electron chi connectivity index (χ0n) is 11.2. The first-order valence-corrected chi connectivity index (χ1v) is 7.05. The Morgan fingerprint density at radius 3 is 2.44 bits per heavy atom. The van der Waals surface area contributed by atoms with E-state index in [1.807, 2.05) is 31.2 Å². The second kappa shape index (κ2) is 6.58. The molecular formula is C16H22O2. The summed E-state index contributed by atoms with van der Waals surface area (Å²) in [5.41, 5.74) is 0.780. The molecule has 1 aromatic carbocycles. The molecule has 2 nitrogen and oxygen atoms in total. The molecule has 1 aliphatic carbocycles. The summed E-state index contributed by atoms with van der Waals surface area (Å²) in [4.78, 5) is 11.5. The lowest BCUT2D eigenvalue weighted by atomic mass is 9.90. The van der Waals surface area contributed by atoms with E-state index in [1.54, 1.807) is 0 Å². The van der Waals surface area contributed by atoms with E-state index in [4.69, 9.17) is 4.74 Å². The second-order valence-electron chi connectivity index (χ2n) is 5.12. The maximum Gasteiger partial charge on any atom is 0.162 e. The van der Waals surface area contributed by atoms with Gasteiger partial charge in [-0.25, -0.2) is 0 Å². The molecule has 1 aliphatic rings. The first kappa shape index (κ1) is 13.1. The number of carbonyl (C=O) groups is 1. The minimum Gasteiger partial charge on any atom is -0.493 e. The molecule has 1 fully saturated rings. The lowest BCUT2D eigenvalue weighted by molar-refractivity contribution is 0.0988. The number of hydrogen-bond donors (Lipinski definition) is 0. The molecule has 0 aliphatic heterocycles. The van der Waals surface area contributed by atoms with Crippen molar-refractivity contribution in [1.29, 1.82) is 0 Å². The summed E-state index contributed by atoms with van der Waals surface area (Å²) in [6.07, 6.45) is 7.22. The molecule has 2 heteroatoms. The molecule has 0 radical (unpaired) electrons. The first-order chi connectivity index (χ1) is 8.79. The molecule has 1 saturated carbocycles. The van der Waals surface area contributed by atoms with E-state index < -0.39 is 0 Å². The van der Waals surface area contributed by atoms with Crippen LogP contribution < -0.4 is 4.74 Å². The predicted octanol–water partition coefficient (Wildman–Crippen LogP) is 4.24. The highest BCUT2D eigenvalue weighted by molar-refractivity contribution is 5.95. The van der Waals surface area contributed by atoms with Crippen LogP contribution in [0.4, 0.5) is 0 Å². The molecule has 0 N–H and O–H groups in total. The van der Waals surface area contributed by atoms with Crippen LogP contribution in [-0.4, -0.2) is 12.4 Å². The molecule has 2 rings (SSSR count). The summed E-state index contributed by atoms with van der Waals surface area (Å²) in [5.74, 6) is 1.79. The van der Waals surface area contributed by atoms with Crippen LogP contribution in [-0.2, 0) is 0 Å². The molecule has 0 bridgehead atoms. The van der Waals surface area contributed by atoms with Crippen LogP contribution in [0.3, 0.4) is 0 Å². The molecule has 1 aromatic rings. The Balaban J connectivity index is 1.84. The van der Waals surface area contributed by atoms with Crippen molar-refractivity contribution in [1.82, 2.24) is 0 Å². The minimum absolute atomic E-state index is 0.189. The summed E-state index contributed by atoms with van der Waals surface area (Å²) < 4.78 is 5.80. The third-order valence-electron chi connectivity index (χ3n) is 3.71. The maximum absolute atomic E-state index is 11.5. The molecule has 0 heterocycles. The van der Waals surface area contributed by atoms with Gasteiger partial charge in [0.2, 0.25) is 0 Å². The van der Waals surface area contributed by atoms with Crippen LogP contribution in [0.15, 0.2) is 24.3 Å². The summed E-state index contributed by atoms with van der Waals surface area (Å²) in [6, 6.07) is 7.54. The Kier molecular flexibility index (Phi) is 4.80. The van der Waals surface area contributed by atoms with Crippen molar-refractivity contribution in [2.24, 2.45) is 5.92 Å². The fourth-order valence-corrected chi connectivity index (χ4v) is 2.51. The zero-order chi connectivity index (χ0) is 12.8. The number of Topliss-reactive ketones (excluding diaryl/α,β-unsaturated/α-hetero) is 1. The van der Waals surface area contributed by atoms with Crippen LogP contribution >= 0.6 is 0 Å². The van der Waals surface area contributed by atoms with E-state index in [1.165, 1.54) is 32.1 Å². The van der Waals surface area contributed by atoms with Gasteiger partial charge in [0, 0.05) is 12.0 Å². The van der Waals surface area contributed by atoms with Crippen molar-refractivity contribution in [2.45, 2.75) is 45.4 Å². The Labute approximate surface area is 109 Å². The van der Waals surface area contributed by atoms with Crippen molar-refractivity contribution < 1.29 is 9.53 Å². The van der Waals surface area contributed by atoms with Crippen molar-refractivity contribution in [2.75, 3.05) is 6.61 Å². The number of ether oxygens (including phenoxy) is 1. The molecule has 0 aromatic heterocycles. The first-order valence-electron chi connectivity index (χ1n) is 7.05. The van der Waals surface area contributed by atoms with Gasteiger partial charge in [-0.1, -0.05) is 26.2 Å². The largest absolute Gasteiger partial charge is 0.493 e. The van der Waals surface area contributed by atoms with Crippen LogP contribution in [0.2, 0.25) is 0 Å². The van der Waals surface area contributed by atoms with Crippen LogP contribution in [0.25, 0.3) is 0 Å². The van der Waals surface area contributed by atoms with Crippen LogP contribution in [0, 0.1) is 5.92 Å². The van der Waals surface area contributed by atoms with Crippen LogP contribution in [0.1, 0.15) is 55.8 Å². The van der Waals surface area contributed by atoms with E-state index in [9.17, 15) is 4.79 Å². The highest BCUT2D eigenvalue weighted by atomic mass is 16.5. The highest BCUT2D eigenvalue weighted by Crippen LogP contribution is 2.24. The lowest BCUT2D eigenvalue weighted by Gasteiger charge is -2.21. The van der Waals surface area contributed by atoms with Gasteiger partial charge < -0.3 is 4.74 Å². The summed E-state index contributed by atoms with van der Waals surface area (Å²) in [5, 5.41) is 0. The fraction of sp³-hybridized carbons (Fsp3) is 0.562. The van der Waals surface area contributed by atoms with E-state index in [-0.39, 0.29) is 5.78 Å². The van der Waals surface area contributed by atoms with E-state index in [0.717, 1.165) is 23.8 Å². The Morgan fingerprint density at radius 1 is 1.17 bits per heavy atom. The average molecular weight is 246 g/mol. The number of benzene rings is 1. The average Bonchev–Trinajstić information content (AvgIpc) is 2.46. The van der Waals surface area contributed by atoms with Crippen molar-refractivity contribution in [3.8, 4) is 5.75 Å². The van der Waals surface area contributed by atoms with Crippen molar-refractivity contribution in [3.63, 3.8) is 0 Å². The number of ketones is 1. The third-order valence-corrected chi connectivity index (χ3v) is 3.71. The van der Waals surface area contributed by atoms with Gasteiger partial charge in [0.25, 0.3) is 0 Å². The van der Waals surface area contributed by atoms with Crippen molar-refractivity contribution >= 4 is 5.78 Å². The normalized spacial score (nSPS) is 16.5. The van der Waals surface area contributed by atoms with Gasteiger partial charge in [0.05, 0.1) is 6.61 Å². The second-order valence-corrected chi connectivity index (χ2v) is 5.12. The standard InChI is InChI=1S/C16H22O2/c1-2-16(17)14-8-10-15(11-9-14)18-12-13-6-4-3-5-7-13/h8-11,13H,2-7,12H2,1H3. The highest BCUT2D eigenvalue weighted by Gasteiger charge is 2.13. The van der Waals surface area contributed by atoms with Gasteiger partial charge in [0.15, 0.2) is 5.78 Å². The van der Waals surface area contributed by atoms with Gasteiger partial charge >= 0.3 is 0 Å². The number of carbonyl (C=O) groups excluding carboxylic acids is 1. The minimum atomic E-state index is 0.189. The molecule has 18 heavy (non-hydrogen) atoms. The molecule has 0 atom stereocenters. The molecular weight excluding hydrogens is 224 g/mol. The topological polar surface area (TPSA) is 26.3 Å². The summed E-state index contributed by atoms with van der Waals surface area (Å²) >= 11 is 0. The summed E-state index contributed by atoms with van der Waals surface area (Å²) in [7, 11) is 0. The third kappa shape index (κ3) is 3.59. The SMILES string of the molecule is CCC(=O)c1ccc(OCC2CCCCC2)cc1. The Bertz CT molecular complexity index is 375. The van der Waals surface area contributed by atoms with E-state index in [2.05, 4.69) is 0 Å². The fourth-order valence-electron chi connectivity index (χ4n) is 2.51. The van der Waals surface area contributed by atoms with Crippen LogP contribution in [0.5, 0.6) is 5.75 Å². The van der Waals surface area contributed by atoms with E-state index in [0.29, 0.717) is 6.42 Å². The Morgan fingerprint density at radius 2 is 1.83 bits per heavy atom. The Hall–Kier alpha value is -1.31. The van der Waals surface area contributed by atoms with Crippen molar-refractivity contribution in [3.05, 3.63) is 29.8 Å². The van der Waals surface area contributed by atoms with Gasteiger partial charge in [-0.15, -0.1) is 0 Å².